The van der Waals surface area contributed by atoms with Crippen molar-refractivity contribution in [2.75, 3.05) is 16.7 Å². The van der Waals surface area contributed by atoms with Gasteiger partial charge in [-0.15, -0.1) is 0 Å². The number of hydrogen-bond acceptors (Lipinski definition) is 5. The van der Waals surface area contributed by atoms with E-state index in [0.29, 0.717) is 10.7 Å². The van der Waals surface area contributed by atoms with Crippen LogP contribution in [0.5, 0.6) is 0 Å². The summed E-state index contributed by atoms with van der Waals surface area (Å²) in [6.07, 6.45) is -1.26. The Morgan fingerprint density at radius 2 is 1.73 bits per heavy atom. The number of halogens is 2. The molecule has 7 nitrogen and oxygen atoms in total. The van der Waals surface area contributed by atoms with Gasteiger partial charge in [-0.05, 0) is 55.5 Å². The minimum atomic E-state index is -4.01. The number of nitrogens with one attached hydrogen (secondary N) is 1. The molecule has 3 aromatic carbocycles. The van der Waals surface area contributed by atoms with Crippen molar-refractivity contribution in [3.8, 4) is 0 Å². The predicted octanol–water partition coefficient (Wildman–Crippen LogP) is 4.49. The van der Waals surface area contributed by atoms with Gasteiger partial charge in [0.1, 0.15) is 5.82 Å². The largest absolute Gasteiger partial charge is 0.449 e. The molecule has 0 aromatic heterocycles. The van der Waals surface area contributed by atoms with Crippen LogP contribution in [0.4, 0.5) is 15.8 Å². The highest BCUT2D eigenvalue weighted by molar-refractivity contribution is 7.92. The molecule has 10 heteroatoms. The summed E-state index contributed by atoms with van der Waals surface area (Å²) in [5.41, 5.74) is 0.220. The minimum absolute atomic E-state index is 0.0532. The van der Waals surface area contributed by atoms with Crippen molar-refractivity contribution < 1.29 is 27.1 Å². The highest BCUT2D eigenvalue weighted by Gasteiger charge is 2.24. The number of carbonyl (C=O) groups excluding carboxylic acids is 2. The summed E-state index contributed by atoms with van der Waals surface area (Å²) in [5.74, 6) is -2.28. The molecule has 3 rings (SSSR count). The zero-order valence-electron chi connectivity index (χ0n) is 17.7. The maximum absolute atomic E-state index is 13.7. The molecule has 0 aliphatic heterocycles. The molecule has 3 aromatic rings. The molecule has 33 heavy (non-hydrogen) atoms. The van der Waals surface area contributed by atoms with E-state index in [9.17, 15) is 22.4 Å². The molecule has 1 unspecified atom stereocenters. The van der Waals surface area contributed by atoms with Crippen molar-refractivity contribution in [1.82, 2.24) is 0 Å². The third kappa shape index (κ3) is 5.68. The number of nitrogens with zero attached hydrogens (tertiary/aromatic N) is 1. The van der Waals surface area contributed by atoms with Gasteiger partial charge < -0.3 is 10.1 Å². The van der Waals surface area contributed by atoms with E-state index in [1.54, 1.807) is 24.3 Å². The van der Waals surface area contributed by atoms with Crippen LogP contribution < -0.4 is 9.62 Å². The van der Waals surface area contributed by atoms with Crippen LogP contribution in [0, 0.1) is 5.82 Å². The maximum Gasteiger partial charge on any atom is 0.338 e. The average Bonchev–Trinajstić information content (AvgIpc) is 2.80. The molecular formula is C23H20ClFN2O5S. The first kappa shape index (κ1) is 24.2. The molecule has 0 saturated carbocycles. The Hall–Kier alpha value is -3.43. The van der Waals surface area contributed by atoms with Crippen LogP contribution in [0.2, 0.25) is 5.02 Å². The Kier molecular flexibility index (Phi) is 7.35. The Morgan fingerprint density at radius 3 is 2.42 bits per heavy atom. The number of para-hydroxylation sites is 1. The molecule has 1 N–H and O–H groups in total. The number of carbonyl (C=O) groups is 2. The Morgan fingerprint density at radius 1 is 1.03 bits per heavy atom. The number of esters is 1. The van der Waals surface area contributed by atoms with Crippen LogP contribution in [-0.2, 0) is 19.6 Å². The van der Waals surface area contributed by atoms with Crippen LogP contribution in [-0.4, -0.2) is 33.4 Å². The van der Waals surface area contributed by atoms with Crippen molar-refractivity contribution in [2.24, 2.45) is 0 Å². The number of amides is 1. The number of ether oxygens (including phenoxy) is 1. The Bertz CT molecular complexity index is 1300. The van der Waals surface area contributed by atoms with Crippen LogP contribution >= 0.6 is 11.6 Å². The Labute approximate surface area is 195 Å². The molecule has 0 aliphatic rings. The summed E-state index contributed by atoms with van der Waals surface area (Å²) in [5, 5.41) is 2.71. The highest BCUT2D eigenvalue weighted by atomic mass is 35.5. The van der Waals surface area contributed by atoms with Gasteiger partial charge in [0, 0.05) is 12.1 Å². The fourth-order valence-corrected chi connectivity index (χ4v) is 4.25. The van der Waals surface area contributed by atoms with E-state index >= 15 is 0 Å². The number of benzene rings is 3. The number of sulfonamides is 1. The second kappa shape index (κ2) is 10.0. The van der Waals surface area contributed by atoms with E-state index in [1.165, 1.54) is 56.4 Å². The van der Waals surface area contributed by atoms with Gasteiger partial charge in [-0.3, -0.25) is 9.10 Å². The lowest BCUT2D eigenvalue weighted by molar-refractivity contribution is -0.123. The molecule has 0 saturated heterocycles. The van der Waals surface area contributed by atoms with Crippen LogP contribution in [0.1, 0.15) is 17.3 Å². The molecule has 1 amide bonds. The first-order valence-electron chi connectivity index (χ1n) is 9.70. The molecule has 0 heterocycles. The summed E-state index contributed by atoms with van der Waals surface area (Å²) in [6, 6.07) is 17.1. The van der Waals surface area contributed by atoms with E-state index in [-0.39, 0.29) is 16.1 Å². The third-order valence-corrected chi connectivity index (χ3v) is 6.70. The second-order valence-corrected chi connectivity index (χ2v) is 9.40. The summed E-state index contributed by atoms with van der Waals surface area (Å²) >= 11 is 5.95. The van der Waals surface area contributed by atoms with Gasteiger partial charge in [-0.2, -0.15) is 0 Å². The van der Waals surface area contributed by atoms with E-state index < -0.39 is 33.8 Å². The molecule has 0 spiro atoms. The lowest BCUT2D eigenvalue weighted by Crippen LogP contribution is -2.30. The standard InChI is InChI=1S/C23H20ClFN2O5S/c1-15(22(28)26-21-12-4-3-11-20(21)25)32-23(29)16-7-5-10-19(13-16)33(30,31)27(2)18-9-6-8-17(24)14-18/h3-15H,1-2H3,(H,26,28). The van der Waals surface area contributed by atoms with Crippen LogP contribution in [0.3, 0.4) is 0 Å². The van der Waals surface area contributed by atoms with Gasteiger partial charge in [0.05, 0.1) is 21.8 Å². The topological polar surface area (TPSA) is 92.8 Å². The number of anilines is 2. The van der Waals surface area contributed by atoms with Gasteiger partial charge in [0.15, 0.2) is 6.10 Å². The van der Waals surface area contributed by atoms with Gasteiger partial charge in [-0.1, -0.05) is 35.9 Å². The van der Waals surface area contributed by atoms with E-state index in [2.05, 4.69) is 5.32 Å². The molecule has 0 bridgehead atoms. The van der Waals surface area contributed by atoms with Crippen LogP contribution in [0.15, 0.2) is 77.7 Å². The van der Waals surface area contributed by atoms with Gasteiger partial charge in [-0.25, -0.2) is 17.6 Å². The first-order chi connectivity index (χ1) is 15.6. The van der Waals surface area contributed by atoms with Crippen molar-refractivity contribution in [1.29, 1.82) is 0 Å². The fourth-order valence-electron chi connectivity index (χ4n) is 2.83. The monoisotopic (exact) mass is 490 g/mol. The van der Waals surface area contributed by atoms with Crippen molar-refractivity contribution in [3.05, 3.63) is 89.2 Å². The van der Waals surface area contributed by atoms with Crippen LogP contribution in [0.25, 0.3) is 0 Å². The van der Waals surface area contributed by atoms with Gasteiger partial charge in [0.2, 0.25) is 0 Å². The molecule has 1 atom stereocenters. The van der Waals surface area contributed by atoms with E-state index in [4.69, 9.17) is 16.3 Å². The fraction of sp³-hybridized carbons (Fsp3) is 0.130. The van der Waals surface area contributed by atoms with Gasteiger partial charge in [0.25, 0.3) is 15.9 Å². The molecular weight excluding hydrogens is 471 g/mol. The number of hydrogen-bond donors (Lipinski definition) is 1. The first-order valence-corrected chi connectivity index (χ1v) is 11.5. The summed E-state index contributed by atoms with van der Waals surface area (Å²) in [6.45, 7) is 1.32. The quantitative estimate of drug-likeness (QED) is 0.493. The van der Waals surface area contributed by atoms with Crippen molar-refractivity contribution in [2.45, 2.75) is 17.9 Å². The van der Waals surface area contributed by atoms with E-state index in [0.717, 1.165) is 10.4 Å². The average molecular weight is 491 g/mol. The zero-order valence-corrected chi connectivity index (χ0v) is 19.2. The molecule has 0 radical (unpaired) electrons. The Balaban J connectivity index is 1.75. The lowest BCUT2D eigenvalue weighted by Gasteiger charge is -2.20. The summed E-state index contributed by atoms with van der Waals surface area (Å²) in [4.78, 5) is 24.7. The lowest BCUT2D eigenvalue weighted by atomic mass is 10.2. The number of rotatable bonds is 7. The smallest absolute Gasteiger partial charge is 0.338 e. The molecule has 0 aliphatic carbocycles. The molecule has 172 valence electrons. The third-order valence-electron chi connectivity index (χ3n) is 4.68. The SMILES string of the molecule is CC(OC(=O)c1cccc(S(=O)(=O)N(C)c2cccc(Cl)c2)c1)C(=O)Nc1ccccc1F. The van der Waals surface area contributed by atoms with Crippen molar-refractivity contribution in [3.63, 3.8) is 0 Å². The summed E-state index contributed by atoms with van der Waals surface area (Å²) in [7, 11) is -2.65. The summed E-state index contributed by atoms with van der Waals surface area (Å²) < 4.78 is 45.9. The predicted molar refractivity (Wildman–Crippen MR) is 123 cm³/mol. The second-order valence-electron chi connectivity index (χ2n) is 7.00. The minimum Gasteiger partial charge on any atom is -0.449 e. The molecule has 0 fully saturated rings. The normalized spacial score (nSPS) is 12.0. The maximum atomic E-state index is 13.7. The zero-order chi connectivity index (χ0) is 24.2. The van der Waals surface area contributed by atoms with Crippen molar-refractivity contribution >= 4 is 44.9 Å². The van der Waals surface area contributed by atoms with Gasteiger partial charge >= 0.3 is 5.97 Å². The highest BCUT2D eigenvalue weighted by Crippen LogP contribution is 2.25. The van der Waals surface area contributed by atoms with E-state index in [1.807, 2.05) is 0 Å².